The summed E-state index contributed by atoms with van der Waals surface area (Å²) >= 11 is 0. The van der Waals surface area contributed by atoms with Crippen LogP contribution in [0.2, 0.25) is 0 Å². The first-order chi connectivity index (χ1) is 13.3. The van der Waals surface area contributed by atoms with Gasteiger partial charge in [-0.2, -0.15) is 0 Å². The number of fused-ring (bicyclic) bond motifs is 2. The second kappa shape index (κ2) is 6.78. The first-order valence-electron chi connectivity index (χ1n) is 9.71. The number of aromatic nitrogens is 1. The first kappa shape index (κ1) is 16.5. The molecule has 2 atom stereocenters. The fraction of sp³-hybridized carbons (Fsp3) is 0.304. The van der Waals surface area contributed by atoms with Gasteiger partial charge < -0.3 is 4.90 Å². The van der Waals surface area contributed by atoms with Gasteiger partial charge in [-0.15, -0.1) is 0 Å². The van der Waals surface area contributed by atoms with Gasteiger partial charge in [0.05, 0.1) is 5.52 Å². The van der Waals surface area contributed by atoms with Crippen molar-refractivity contribution >= 4 is 16.8 Å². The SMILES string of the molecule is O=C(c1ccc2ccccc2n1)N1CC[C@@H]2CN(Cc3ccccc3)[C@@H]2C1. The Labute approximate surface area is 159 Å². The van der Waals surface area contributed by atoms with E-state index in [-0.39, 0.29) is 5.91 Å². The topological polar surface area (TPSA) is 36.4 Å². The Hall–Kier alpha value is -2.72. The van der Waals surface area contributed by atoms with Gasteiger partial charge in [-0.05, 0) is 30.0 Å². The molecule has 0 spiro atoms. The Morgan fingerprint density at radius 2 is 1.78 bits per heavy atom. The second-order valence-corrected chi connectivity index (χ2v) is 7.67. The molecular formula is C23H23N3O. The molecule has 1 aromatic heterocycles. The zero-order valence-corrected chi connectivity index (χ0v) is 15.3. The van der Waals surface area contributed by atoms with Gasteiger partial charge in [0.25, 0.3) is 5.91 Å². The molecule has 5 rings (SSSR count). The van der Waals surface area contributed by atoms with E-state index in [2.05, 4.69) is 40.2 Å². The van der Waals surface area contributed by atoms with Crippen LogP contribution in [0.1, 0.15) is 22.5 Å². The lowest BCUT2D eigenvalue weighted by Gasteiger charge is -2.53. The minimum absolute atomic E-state index is 0.0609. The van der Waals surface area contributed by atoms with Gasteiger partial charge in [-0.1, -0.05) is 54.6 Å². The number of carbonyl (C=O) groups excluding carboxylic acids is 1. The molecule has 2 aromatic carbocycles. The summed E-state index contributed by atoms with van der Waals surface area (Å²) in [4.78, 5) is 22.1. The fourth-order valence-electron chi connectivity index (χ4n) is 4.44. The summed E-state index contributed by atoms with van der Waals surface area (Å²) < 4.78 is 0. The highest BCUT2D eigenvalue weighted by molar-refractivity contribution is 5.95. The van der Waals surface area contributed by atoms with Crippen molar-refractivity contribution < 1.29 is 4.79 Å². The van der Waals surface area contributed by atoms with Gasteiger partial charge in [0.15, 0.2) is 0 Å². The molecule has 27 heavy (non-hydrogen) atoms. The van der Waals surface area contributed by atoms with Crippen LogP contribution in [-0.2, 0) is 6.54 Å². The number of pyridine rings is 1. The van der Waals surface area contributed by atoms with Gasteiger partial charge in [0.2, 0.25) is 0 Å². The van der Waals surface area contributed by atoms with E-state index in [1.54, 1.807) is 0 Å². The van der Waals surface area contributed by atoms with E-state index in [1.165, 1.54) is 5.56 Å². The number of likely N-dealkylation sites (tertiary alicyclic amines) is 2. The van der Waals surface area contributed by atoms with Crippen LogP contribution in [0, 0.1) is 5.92 Å². The van der Waals surface area contributed by atoms with Gasteiger partial charge in [0.1, 0.15) is 5.69 Å². The predicted octanol–water partition coefficient (Wildman–Crippen LogP) is 3.58. The van der Waals surface area contributed by atoms with E-state index in [0.717, 1.165) is 49.4 Å². The molecular weight excluding hydrogens is 334 g/mol. The summed E-state index contributed by atoms with van der Waals surface area (Å²) in [5.74, 6) is 0.785. The molecule has 136 valence electrons. The van der Waals surface area contributed by atoms with Crippen molar-refractivity contribution in [3.8, 4) is 0 Å². The van der Waals surface area contributed by atoms with E-state index in [4.69, 9.17) is 0 Å². The summed E-state index contributed by atoms with van der Waals surface area (Å²) in [7, 11) is 0. The molecule has 3 aromatic rings. The maximum atomic E-state index is 13.0. The number of piperidine rings is 1. The van der Waals surface area contributed by atoms with Gasteiger partial charge >= 0.3 is 0 Å². The number of para-hydroxylation sites is 1. The summed E-state index contributed by atoms with van der Waals surface area (Å²) in [6.45, 7) is 3.77. The summed E-state index contributed by atoms with van der Waals surface area (Å²) in [6.07, 6.45) is 1.09. The number of carbonyl (C=O) groups is 1. The highest BCUT2D eigenvalue weighted by Crippen LogP contribution is 2.34. The molecule has 1 amide bonds. The van der Waals surface area contributed by atoms with Gasteiger partial charge in [-0.25, -0.2) is 4.98 Å². The van der Waals surface area contributed by atoms with Crippen molar-refractivity contribution in [2.24, 2.45) is 5.92 Å². The maximum absolute atomic E-state index is 13.0. The number of hydrogen-bond acceptors (Lipinski definition) is 3. The molecule has 4 heteroatoms. The molecule has 0 bridgehead atoms. The van der Waals surface area contributed by atoms with Crippen molar-refractivity contribution in [1.29, 1.82) is 0 Å². The maximum Gasteiger partial charge on any atom is 0.272 e. The molecule has 2 saturated heterocycles. The monoisotopic (exact) mass is 357 g/mol. The van der Waals surface area contributed by atoms with E-state index in [1.807, 2.05) is 41.3 Å². The molecule has 0 radical (unpaired) electrons. The summed E-state index contributed by atoms with van der Waals surface area (Å²) in [6, 6.07) is 22.9. The molecule has 3 heterocycles. The molecule has 2 fully saturated rings. The third-order valence-electron chi connectivity index (χ3n) is 5.99. The number of rotatable bonds is 3. The molecule has 0 aliphatic carbocycles. The summed E-state index contributed by atoms with van der Waals surface area (Å²) in [5.41, 5.74) is 2.78. The van der Waals surface area contributed by atoms with Gasteiger partial charge in [-0.3, -0.25) is 9.69 Å². The number of hydrogen-bond donors (Lipinski definition) is 0. The van der Waals surface area contributed by atoms with Crippen molar-refractivity contribution in [1.82, 2.24) is 14.8 Å². The standard InChI is InChI=1S/C23H23N3O/c27-23(21-11-10-18-8-4-5-9-20(18)24-21)25-13-12-19-15-26(22(19)16-25)14-17-6-2-1-3-7-17/h1-11,19,22H,12-16H2/t19-,22-/m1/s1. The Morgan fingerprint density at radius 3 is 2.67 bits per heavy atom. The van der Waals surface area contributed by atoms with Crippen molar-refractivity contribution in [2.45, 2.75) is 19.0 Å². The molecule has 0 unspecified atom stereocenters. The highest BCUT2D eigenvalue weighted by atomic mass is 16.2. The van der Waals surface area contributed by atoms with E-state index >= 15 is 0 Å². The van der Waals surface area contributed by atoms with Crippen molar-refractivity contribution in [2.75, 3.05) is 19.6 Å². The molecule has 4 nitrogen and oxygen atoms in total. The highest BCUT2D eigenvalue weighted by Gasteiger charge is 2.43. The molecule has 0 N–H and O–H groups in total. The Bertz CT molecular complexity index is 972. The zero-order valence-electron chi connectivity index (χ0n) is 15.3. The number of amides is 1. The third kappa shape index (κ3) is 3.10. The molecule has 2 aliphatic rings. The second-order valence-electron chi connectivity index (χ2n) is 7.67. The third-order valence-corrected chi connectivity index (χ3v) is 5.99. The zero-order chi connectivity index (χ0) is 18.2. The van der Waals surface area contributed by atoms with Crippen LogP contribution in [0.25, 0.3) is 10.9 Å². The van der Waals surface area contributed by atoms with Crippen LogP contribution in [0.15, 0.2) is 66.7 Å². The smallest absolute Gasteiger partial charge is 0.272 e. The number of nitrogens with zero attached hydrogens (tertiary/aromatic N) is 3. The lowest BCUT2D eigenvalue weighted by molar-refractivity contribution is -0.0428. The minimum Gasteiger partial charge on any atom is -0.336 e. The minimum atomic E-state index is 0.0609. The predicted molar refractivity (Wildman–Crippen MR) is 106 cm³/mol. The lowest BCUT2D eigenvalue weighted by Crippen LogP contribution is -2.64. The molecule has 0 saturated carbocycles. The number of benzene rings is 2. The van der Waals surface area contributed by atoms with Gasteiger partial charge in [0, 0.05) is 37.6 Å². The van der Waals surface area contributed by atoms with Crippen LogP contribution < -0.4 is 0 Å². The Morgan fingerprint density at radius 1 is 0.963 bits per heavy atom. The van der Waals surface area contributed by atoms with E-state index in [9.17, 15) is 4.79 Å². The van der Waals surface area contributed by atoms with Crippen molar-refractivity contribution in [3.63, 3.8) is 0 Å². The van der Waals surface area contributed by atoms with Crippen LogP contribution in [0.3, 0.4) is 0 Å². The van der Waals surface area contributed by atoms with E-state index in [0.29, 0.717) is 11.7 Å². The quantitative estimate of drug-likeness (QED) is 0.719. The van der Waals surface area contributed by atoms with Crippen molar-refractivity contribution in [3.05, 3.63) is 78.0 Å². The Balaban J connectivity index is 1.30. The summed E-state index contributed by atoms with van der Waals surface area (Å²) in [5, 5.41) is 1.07. The fourth-order valence-corrected chi connectivity index (χ4v) is 4.44. The van der Waals surface area contributed by atoms with Crippen LogP contribution >= 0.6 is 0 Å². The average Bonchev–Trinajstić information content (AvgIpc) is 2.72. The van der Waals surface area contributed by atoms with Crippen LogP contribution in [0.5, 0.6) is 0 Å². The molecule has 2 aliphatic heterocycles. The lowest BCUT2D eigenvalue weighted by atomic mass is 9.82. The van der Waals surface area contributed by atoms with E-state index < -0.39 is 0 Å². The first-order valence-corrected chi connectivity index (χ1v) is 9.71. The van der Waals surface area contributed by atoms with Crippen LogP contribution in [-0.4, -0.2) is 46.4 Å². The average molecular weight is 357 g/mol. The largest absolute Gasteiger partial charge is 0.336 e. The Kier molecular flexibility index (Phi) is 4.13. The normalized spacial score (nSPS) is 22.3. The van der Waals surface area contributed by atoms with Crippen LogP contribution in [0.4, 0.5) is 0 Å².